The molecular weight excluding hydrogens is 264 g/mol. The van der Waals surface area contributed by atoms with Gasteiger partial charge in [0.05, 0.1) is 17.8 Å². The Hall–Kier alpha value is -1.69. The molecule has 0 atom stereocenters. The van der Waals surface area contributed by atoms with Crippen LogP contribution in [0.5, 0.6) is 5.75 Å². The molecule has 2 rings (SSSR count). The van der Waals surface area contributed by atoms with Crippen LogP contribution in [0.2, 0.25) is 0 Å². The van der Waals surface area contributed by atoms with Gasteiger partial charge in [-0.1, -0.05) is 20.8 Å². The van der Waals surface area contributed by atoms with E-state index in [1.807, 2.05) is 20.8 Å². The van der Waals surface area contributed by atoms with Crippen molar-refractivity contribution in [1.82, 2.24) is 9.97 Å². The molecule has 0 aliphatic rings. The van der Waals surface area contributed by atoms with E-state index in [0.29, 0.717) is 10.2 Å². The first-order valence-corrected chi connectivity index (χ1v) is 6.82. The second-order valence-corrected chi connectivity index (χ2v) is 6.16. The number of rotatable bonds is 2. The number of fused-ring (bicyclic) bond motifs is 1. The summed E-state index contributed by atoms with van der Waals surface area (Å²) in [5, 5.41) is 11.0. The lowest BCUT2D eigenvalue weighted by atomic mass is 9.98. The molecule has 0 aliphatic carbocycles. The number of hydrogen-bond donors (Lipinski definition) is 1. The molecule has 0 bridgehead atoms. The van der Waals surface area contributed by atoms with Gasteiger partial charge in [0, 0.05) is 5.41 Å². The predicted molar refractivity (Wildman–Crippen MR) is 73.7 cm³/mol. The van der Waals surface area contributed by atoms with E-state index >= 15 is 0 Å². The van der Waals surface area contributed by atoms with Gasteiger partial charge in [0.25, 0.3) is 0 Å². The Morgan fingerprint density at radius 1 is 1.47 bits per heavy atom. The summed E-state index contributed by atoms with van der Waals surface area (Å²) in [4.78, 5) is 20.0. The van der Waals surface area contributed by atoms with Crippen molar-refractivity contribution >= 4 is 27.5 Å². The molecule has 19 heavy (non-hydrogen) atoms. The summed E-state index contributed by atoms with van der Waals surface area (Å²) in [6.07, 6.45) is 1.49. The molecular formula is C13H16N2O3S. The lowest BCUT2D eigenvalue weighted by molar-refractivity contribution is 0.0516. The summed E-state index contributed by atoms with van der Waals surface area (Å²) in [6.45, 7) is 8.08. The van der Waals surface area contributed by atoms with Gasteiger partial charge in [0.2, 0.25) is 0 Å². The van der Waals surface area contributed by atoms with Crippen LogP contribution in [-0.2, 0) is 10.2 Å². The molecule has 0 aliphatic heterocycles. The maximum atomic E-state index is 11.7. The van der Waals surface area contributed by atoms with Crippen molar-refractivity contribution in [3.05, 3.63) is 16.9 Å². The van der Waals surface area contributed by atoms with Gasteiger partial charge in [-0.3, -0.25) is 0 Å². The molecule has 0 unspecified atom stereocenters. The first-order chi connectivity index (χ1) is 8.84. The van der Waals surface area contributed by atoms with Crippen molar-refractivity contribution in [2.45, 2.75) is 33.1 Å². The van der Waals surface area contributed by atoms with Crippen molar-refractivity contribution in [2.75, 3.05) is 6.61 Å². The maximum absolute atomic E-state index is 11.7. The third-order valence-electron chi connectivity index (χ3n) is 2.52. The number of aromatic nitrogens is 2. The van der Waals surface area contributed by atoms with Gasteiger partial charge >= 0.3 is 5.97 Å². The average molecular weight is 280 g/mol. The molecule has 2 aromatic rings. The number of ether oxygens (including phenoxy) is 1. The Labute approximate surface area is 115 Å². The van der Waals surface area contributed by atoms with Crippen molar-refractivity contribution < 1.29 is 14.6 Å². The SMILES string of the molecule is CCOC(=O)c1ncc2nc(C(C)(C)C)sc2c1O. The molecule has 0 aromatic carbocycles. The number of carbonyl (C=O) groups excluding carboxylic acids is 1. The number of thiazole rings is 1. The average Bonchev–Trinajstić information content (AvgIpc) is 2.74. The summed E-state index contributed by atoms with van der Waals surface area (Å²) in [5.74, 6) is -0.767. The van der Waals surface area contributed by atoms with Crippen molar-refractivity contribution in [3.8, 4) is 5.75 Å². The van der Waals surface area contributed by atoms with Crippen molar-refractivity contribution in [2.24, 2.45) is 0 Å². The summed E-state index contributed by atoms with van der Waals surface area (Å²) in [6, 6.07) is 0. The van der Waals surface area contributed by atoms with Gasteiger partial charge in [0.1, 0.15) is 10.2 Å². The molecule has 0 saturated carbocycles. The van der Waals surface area contributed by atoms with Crippen LogP contribution in [0.3, 0.4) is 0 Å². The molecule has 0 spiro atoms. The minimum atomic E-state index is -0.618. The number of nitrogens with zero attached hydrogens (tertiary/aromatic N) is 2. The van der Waals surface area contributed by atoms with Crippen LogP contribution in [0.15, 0.2) is 6.20 Å². The van der Waals surface area contributed by atoms with Gasteiger partial charge in [-0.2, -0.15) is 0 Å². The highest BCUT2D eigenvalue weighted by molar-refractivity contribution is 7.19. The van der Waals surface area contributed by atoms with Gasteiger partial charge in [0.15, 0.2) is 11.4 Å². The van der Waals surface area contributed by atoms with E-state index in [9.17, 15) is 9.90 Å². The second kappa shape index (κ2) is 4.77. The molecule has 0 fully saturated rings. The minimum absolute atomic E-state index is 0.0570. The Morgan fingerprint density at radius 3 is 2.74 bits per heavy atom. The third-order valence-corrected chi connectivity index (χ3v) is 4.02. The van der Waals surface area contributed by atoms with E-state index in [2.05, 4.69) is 9.97 Å². The zero-order valence-electron chi connectivity index (χ0n) is 11.4. The van der Waals surface area contributed by atoms with Crippen LogP contribution in [0.1, 0.15) is 43.2 Å². The van der Waals surface area contributed by atoms with E-state index in [4.69, 9.17) is 4.74 Å². The summed E-state index contributed by atoms with van der Waals surface area (Å²) in [7, 11) is 0. The van der Waals surface area contributed by atoms with Crippen LogP contribution < -0.4 is 0 Å². The number of carbonyl (C=O) groups is 1. The van der Waals surface area contributed by atoms with Crippen LogP contribution >= 0.6 is 11.3 Å². The molecule has 0 saturated heterocycles. The second-order valence-electron chi connectivity index (χ2n) is 5.16. The summed E-state index contributed by atoms with van der Waals surface area (Å²) < 4.78 is 5.43. The Morgan fingerprint density at radius 2 is 2.16 bits per heavy atom. The quantitative estimate of drug-likeness (QED) is 0.856. The van der Waals surface area contributed by atoms with Crippen molar-refractivity contribution in [3.63, 3.8) is 0 Å². The standard InChI is InChI=1S/C13H16N2O3S/c1-5-18-11(17)8-9(16)10-7(6-14-8)15-12(19-10)13(2,3)4/h6,16H,5H2,1-4H3. The van der Waals surface area contributed by atoms with E-state index in [0.717, 1.165) is 5.01 Å². The highest BCUT2D eigenvalue weighted by atomic mass is 32.1. The highest BCUT2D eigenvalue weighted by Crippen LogP contribution is 2.36. The topological polar surface area (TPSA) is 72.3 Å². The number of esters is 1. The van der Waals surface area contributed by atoms with E-state index in [-0.39, 0.29) is 23.5 Å². The lowest BCUT2D eigenvalue weighted by Gasteiger charge is -2.13. The van der Waals surface area contributed by atoms with Gasteiger partial charge in [-0.15, -0.1) is 11.3 Å². The minimum Gasteiger partial charge on any atom is -0.504 e. The summed E-state index contributed by atoms with van der Waals surface area (Å²) in [5.41, 5.74) is 0.430. The molecule has 1 N–H and O–H groups in total. The highest BCUT2D eigenvalue weighted by Gasteiger charge is 2.23. The first-order valence-electron chi connectivity index (χ1n) is 6.00. The van der Waals surface area contributed by atoms with Crippen LogP contribution in [-0.4, -0.2) is 27.7 Å². The van der Waals surface area contributed by atoms with E-state index in [1.54, 1.807) is 6.92 Å². The smallest absolute Gasteiger partial charge is 0.360 e. The fourth-order valence-corrected chi connectivity index (χ4v) is 2.59. The molecule has 0 radical (unpaired) electrons. The molecule has 5 nitrogen and oxygen atoms in total. The first kappa shape index (κ1) is 13.7. The molecule has 2 aromatic heterocycles. The molecule has 102 valence electrons. The van der Waals surface area contributed by atoms with E-state index < -0.39 is 5.97 Å². The summed E-state index contributed by atoms with van der Waals surface area (Å²) >= 11 is 1.37. The Balaban J connectivity index is 2.56. The number of hydrogen-bond acceptors (Lipinski definition) is 6. The van der Waals surface area contributed by atoms with E-state index in [1.165, 1.54) is 17.5 Å². The molecule has 0 amide bonds. The van der Waals surface area contributed by atoms with Gasteiger partial charge in [-0.25, -0.2) is 14.8 Å². The third kappa shape index (κ3) is 2.53. The van der Waals surface area contributed by atoms with Crippen LogP contribution in [0.25, 0.3) is 10.2 Å². The van der Waals surface area contributed by atoms with Crippen LogP contribution in [0, 0.1) is 0 Å². The zero-order chi connectivity index (χ0) is 14.2. The van der Waals surface area contributed by atoms with Gasteiger partial charge in [-0.05, 0) is 6.92 Å². The maximum Gasteiger partial charge on any atom is 0.360 e. The Bertz CT molecular complexity index is 629. The monoisotopic (exact) mass is 280 g/mol. The lowest BCUT2D eigenvalue weighted by Crippen LogP contribution is -2.09. The molecule has 6 heteroatoms. The van der Waals surface area contributed by atoms with Crippen LogP contribution in [0.4, 0.5) is 0 Å². The van der Waals surface area contributed by atoms with Gasteiger partial charge < -0.3 is 9.84 Å². The Kier molecular flexibility index (Phi) is 3.45. The fourth-order valence-electron chi connectivity index (χ4n) is 1.55. The predicted octanol–water partition coefficient (Wildman–Crippen LogP) is 2.87. The fraction of sp³-hybridized carbons (Fsp3) is 0.462. The zero-order valence-corrected chi connectivity index (χ0v) is 12.2. The number of pyridine rings is 1. The number of aromatic hydroxyl groups is 1. The largest absolute Gasteiger partial charge is 0.504 e. The van der Waals surface area contributed by atoms with Crippen molar-refractivity contribution in [1.29, 1.82) is 0 Å². The molecule has 2 heterocycles. The normalized spacial score (nSPS) is 11.8.